The summed E-state index contributed by atoms with van der Waals surface area (Å²) in [5, 5.41) is 3.05. The molecule has 1 aliphatic heterocycles. The summed E-state index contributed by atoms with van der Waals surface area (Å²) >= 11 is 0. The molecule has 1 aromatic rings. The highest BCUT2D eigenvalue weighted by Crippen LogP contribution is 2.38. The van der Waals surface area contributed by atoms with E-state index in [2.05, 4.69) is 10.3 Å². The molecule has 6 heteroatoms. The molecule has 1 aromatic heterocycles. The lowest BCUT2D eigenvalue weighted by atomic mass is 9.82. The van der Waals surface area contributed by atoms with Crippen molar-refractivity contribution in [1.82, 2.24) is 10.3 Å². The number of hydrogen-bond donors (Lipinski definition) is 1. The van der Waals surface area contributed by atoms with Gasteiger partial charge in [0.15, 0.2) is 0 Å². The quantitative estimate of drug-likeness (QED) is 0.859. The molecule has 2 heterocycles. The SMILES string of the molecule is COC(=O)C1=C(C)NC(C)=C(C(=O)OC)C1c1cccc(C)n1. The fraction of sp³-hybridized carbons (Fsp3) is 0.353. The maximum atomic E-state index is 12.3. The molecule has 0 atom stereocenters. The van der Waals surface area contributed by atoms with E-state index in [0.717, 1.165) is 5.69 Å². The molecule has 0 spiro atoms. The first kappa shape index (κ1) is 16.7. The van der Waals surface area contributed by atoms with Crippen LogP contribution >= 0.6 is 0 Å². The zero-order valence-corrected chi connectivity index (χ0v) is 13.9. The lowest BCUT2D eigenvalue weighted by Crippen LogP contribution is -2.32. The van der Waals surface area contributed by atoms with E-state index in [0.29, 0.717) is 28.2 Å². The van der Waals surface area contributed by atoms with Crippen LogP contribution in [0, 0.1) is 6.92 Å². The van der Waals surface area contributed by atoms with Gasteiger partial charge >= 0.3 is 11.9 Å². The molecule has 0 fully saturated rings. The number of ether oxygens (including phenoxy) is 2. The van der Waals surface area contributed by atoms with Crippen molar-refractivity contribution in [2.45, 2.75) is 26.7 Å². The number of pyridine rings is 1. The Bertz CT molecular complexity index is 681. The molecule has 0 saturated carbocycles. The Morgan fingerprint density at radius 3 is 1.96 bits per heavy atom. The van der Waals surface area contributed by atoms with Crippen molar-refractivity contribution >= 4 is 11.9 Å². The molecule has 0 aliphatic carbocycles. The van der Waals surface area contributed by atoms with Gasteiger partial charge < -0.3 is 14.8 Å². The number of aromatic nitrogens is 1. The maximum Gasteiger partial charge on any atom is 0.336 e. The van der Waals surface area contributed by atoms with E-state index in [1.165, 1.54) is 14.2 Å². The largest absolute Gasteiger partial charge is 0.466 e. The lowest BCUT2D eigenvalue weighted by Gasteiger charge is -2.29. The summed E-state index contributed by atoms with van der Waals surface area (Å²) in [5.41, 5.74) is 3.38. The monoisotopic (exact) mass is 316 g/mol. The van der Waals surface area contributed by atoms with Crippen LogP contribution in [0.15, 0.2) is 40.7 Å². The van der Waals surface area contributed by atoms with Gasteiger partial charge in [-0.2, -0.15) is 0 Å². The van der Waals surface area contributed by atoms with Crippen molar-refractivity contribution in [3.05, 3.63) is 52.1 Å². The van der Waals surface area contributed by atoms with Crippen molar-refractivity contribution in [3.8, 4) is 0 Å². The number of aryl methyl sites for hydroxylation is 1. The zero-order chi connectivity index (χ0) is 17.1. The van der Waals surface area contributed by atoms with Crippen molar-refractivity contribution in [3.63, 3.8) is 0 Å². The Morgan fingerprint density at radius 2 is 1.52 bits per heavy atom. The van der Waals surface area contributed by atoms with E-state index in [9.17, 15) is 9.59 Å². The summed E-state index contributed by atoms with van der Waals surface area (Å²) in [6.07, 6.45) is 0. The average Bonchev–Trinajstić information content (AvgIpc) is 2.52. The topological polar surface area (TPSA) is 77.5 Å². The molecular weight excluding hydrogens is 296 g/mol. The zero-order valence-electron chi connectivity index (χ0n) is 13.9. The van der Waals surface area contributed by atoms with E-state index in [1.807, 2.05) is 19.1 Å². The molecule has 0 radical (unpaired) electrons. The second kappa shape index (κ2) is 6.64. The predicted octanol–water partition coefficient (Wildman–Crippen LogP) is 1.97. The minimum Gasteiger partial charge on any atom is -0.466 e. The van der Waals surface area contributed by atoms with Crippen molar-refractivity contribution in [2.75, 3.05) is 14.2 Å². The van der Waals surface area contributed by atoms with Gasteiger partial charge in [0.25, 0.3) is 0 Å². The number of rotatable bonds is 3. The molecule has 0 amide bonds. The normalized spacial score (nSPS) is 15.3. The van der Waals surface area contributed by atoms with Crippen LogP contribution < -0.4 is 5.32 Å². The third kappa shape index (κ3) is 3.11. The lowest BCUT2D eigenvalue weighted by molar-refractivity contribution is -0.137. The number of esters is 2. The van der Waals surface area contributed by atoms with Gasteiger partial charge in [0.05, 0.1) is 37.0 Å². The van der Waals surface area contributed by atoms with Gasteiger partial charge in [-0.15, -0.1) is 0 Å². The third-order valence-electron chi connectivity index (χ3n) is 3.78. The molecule has 0 unspecified atom stereocenters. The van der Waals surface area contributed by atoms with Crippen LogP contribution in [0.2, 0.25) is 0 Å². The van der Waals surface area contributed by atoms with Gasteiger partial charge in [-0.25, -0.2) is 9.59 Å². The van der Waals surface area contributed by atoms with Crippen LogP contribution in [-0.4, -0.2) is 31.1 Å². The summed E-state index contributed by atoms with van der Waals surface area (Å²) in [7, 11) is 2.62. The van der Waals surface area contributed by atoms with Crippen LogP contribution in [0.5, 0.6) is 0 Å². The van der Waals surface area contributed by atoms with Crippen molar-refractivity contribution in [2.24, 2.45) is 0 Å². The summed E-state index contributed by atoms with van der Waals surface area (Å²) in [6, 6.07) is 5.48. The fourth-order valence-electron chi connectivity index (χ4n) is 2.78. The highest BCUT2D eigenvalue weighted by Gasteiger charge is 2.38. The number of allylic oxidation sites excluding steroid dienone is 2. The summed E-state index contributed by atoms with van der Waals surface area (Å²) in [5.74, 6) is -1.63. The standard InChI is InChI=1S/C17H20N2O4/c1-9-7-6-8-12(18-9)15-13(16(20)22-4)10(2)19-11(3)14(15)17(21)23-5/h6-8,15,19H,1-5H3. The number of nitrogens with zero attached hydrogens (tertiary/aromatic N) is 1. The van der Waals surface area contributed by atoms with Crippen LogP contribution in [0.1, 0.15) is 31.2 Å². The summed E-state index contributed by atoms with van der Waals surface area (Å²) in [6.45, 7) is 5.40. The second-order valence-corrected chi connectivity index (χ2v) is 5.32. The van der Waals surface area contributed by atoms with Crippen LogP contribution in [-0.2, 0) is 19.1 Å². The van der Waals surface area contributed by atoms with Crippen molar-refractivity contribution < 1.29 is 19.1 Å². The van der Waals surface area contributed by atoms with Crippen LogP contribution in [0.4, 0.5) is 0 Å². The highest BCUT2D eigenvalue weighted by molar-refractivity contribution is 5.99. The van der Waals surface area contributed by atoms with Crippen molar-refractivity contribution in [1.29, 1.82) is 0 Å². The molecule has 6 nitrogen and oxygen atoms in total. The number of nitrogens with one attached hydrogen (secondary N) is 1. The molecule has 2 rings (SSSR count). The molecule has 1 aliphatic rings. The van der Waals surface area contributed by atoms with Crippen LogP contribution in [0.3, 0.4) is 0 Å². The maximum absolute atomic E-state index is 12.3. The molecule has 122 valence electrons. The minimum absolute atomic E-state index is 0.358. The number of methoxy groups -OCH3 is 2. The molecule has 0 aromatic carbocycles. The van der Waals surface area contributed by atoms with Crippen LogP contribution in [0.25, 0.3) is 0 Å². The van der Waals surface area contributed by atoms with Gasteiger partial charge in [0, 0.05) is 17.1 Å². The molecule has 0 saturated heterocycles. The Labute approximate surface area is 135 Å². The third-order valence-corrected chi connectivity index (χ3v) is 3.78. The predicted molar refractivity (Wildman–Crippen MR) is 84.3 cm³/mol. The molecule has 0 bridgehead atoms. The summed E-state index contributed by atoms with van der Waals surface area (Å²) < 4.78 is 9.80. The van der Waals surface area contributed by atoms with Gasteiger partial charge in [-0.05, 0) is 32.9 Å². The Kier molecular flexibility index (Phi) is 4.83. The van der Waals surface area contributed by atoms with Gasteiger partial charge in [0.2, 0.25) is 0 Å². The van der Waals surface area contributed by atoms with E-state index < -0.39 is 17.9 Å². The Hall–Kier alpha value is -2.63. The minimum atomic E-state index is -0.629. The van der Waals surface area contributed by atoms with E-state index in [1.54, 1.807) is 19.9 Å². The molecule has 23 heavy (non-hydrogen) atoms. The Balaban J connectivity index is 2.69. The van der Waals surface area contributed by atoms with Gasteiger partial charge in [-0.3, -0.25) is 4.98 Å². The summed E-state index contributed by atoms with van der Waals surface area (Å²) in [4.78, 5) is 29.1. The smallest absolute Gasteiger partial charge is 0.336 e. The van der Waals surface area contributed by atoms with E-state index in [4.69, 9.17) is 9.47 Å². The first-order valence-electron chi connectivity index (χ1n) is 7.19. The first-order valence-corrected chi connectivity index (χ1v) is 7.19. The average molecular weight is 316 g/mol. The molecular formula is C17H20N2O4. The number of carbonyl (C=O) groups is 2. The van der Waals surface area contributed by atoms with E-state index >= 15 is 0 Å². The fourth-order valence-corrected chi connectivity index (χ4v) is 2.78. The second-order valence-electron chi connectivity index (χ2n) is 5.32. The van der Waals surface area contributed by atoms with Gasteiger partial charge in [0.1, 0.15) is 0 Å². The number of carbonyl (C=O) groups excluding carboxylic acids is 2. The van der Waals surface area contributed by atoms with E-state index in [-0.39, 0.29) is 0 Å². The number of hydrogen-bond acceptors (Lipinski definition) is 6. The molecule has 1 N–H and O–H groups in total. The first-order chi connectivity index (χ1) is 10.9. The number of dihydropyridines is 1. The van der Waals surface area contributed by atoms with Gasteiger partial charge in [-0.1, -0.05) is 6.07 Å². The Morgan fingerprint density at radius 1 is 1.00 bits per heavy atom. The highest BCUT2D eigenvalue weighted by atomic mass is 16.5.